The van der Waals surface area contributed by atoms with Gasteiger partial charge in [-0.3, -0.25) is 14.2 Å². The fourth-order valence-electron chi connectivity index (χ4n) is 3.58. The van der Waals surface area contributed by atoms with Gasteiger partial charge in [0.15, 0.2) is 5.78 Å². The molecule has 0 N–H and O–H groups in total. The Kier molecular flexibility index (Phi) is 6.00. The van der Waals surface area contributed by atoms with Gasteiger partial charge in [-0.05, 0) is 56.7 Å². The van der Waals surface area contributed by atoms with Crippen LogP contribution in [-0.2, 0) is 17.8 Å². The van der Waals surface area contributed by atoms with Crippen molar-refractivity contribution in [3.05, 3.63) is 80.7 Å². The van der Waals surface area contributed by atoms with Gasteiger partial charge in [0, 0.05) is 18.7 Å². The number of hydrogen-bond acceptors (Lipinski definition) is 5. The summed E-state index contributed by atoms with van der Waals surface area (Å²) in [6, 6.07) is 11.9. The molecule has 9 heteroatoms. The lowest BCUT2D eigenvalue weighted by molar-refractivity contribution is 0.0748. The summed E-state index contributed by atoms with van der Waals surface area (Å²) in [5, 5.41) is 4.70. The van der Waals surface area contributed by atoms with Crippen molar-refractivity contribution in [2.24, 2.45) is 0 Å². The molecule has 0 bridgehead atoms. The second kappa shape index (κ2) is 8.88. The molecule has 0 aliphatic rings. The van der Waals surface area contributed by atoms with Crippen LogP contribution in [0.15, 0.2) is 58.1 Å². The number of nitrogens with zero attached hydrogens (tertiary/aromatic N) is 4. The van der Waals surface area contributed by atoms with Crippen molar-refractivity contribution < 1.29 is 13.9 Å². The first kappa shape index (κ1) is 21.6. The van der Waals surface area contributed by atoms with E-state index >= 15 is 0 Å². The van der Waals surface area contributed by atoms with E-state index in [0.717, 1.165) is 4.68 Å². The number of fused-ring (bicyclic) bond motifs is 3. The Balaban J connectivity index is 1.78. The van der Waals surface area contributed by atoms with E-state index in [9.17, 15) is 18.8 Å². The summed E-state index contributed by atoms with van der Waals surface area (Å²) in [4.78, 5) is 38.9. The maximum absolute atomic E-state index is 13.2. The Bertz CT molecular complexity index is 1400. The quantitative estimate of drug-likeness (QED) is 0.312. The molecule has 2 aromatic carbocycles. The van der Waals surface area contributed by atoms with Crippen LogP contribution < -0.4 is 11.2 Å². The lowest BCUT2D eigenvalue weighted by Crippen LogP contribution is -2.28. The summed E-state index contributed by atoms with van der Waals surface area (Å²) < 4.78 is 22.5. The molecule has 0 saturated heterocycles. The zero-order valence-corrected chi connectivity index (χ0v) is 17.8. The number of aryl methyl sites for hydroxylation is 1. The minimum atomic E-state index is -0.529. The highest BCUT2D eigenvalue weighted by atomic mass is 19.1. The first-order valence-corrected chi connectivity index (χ1v) is 10.4. The zero-order valence-electron chi connectivity index (χ0n) is 17.8. The Labute approximate surface area is 182 Å². The monoisotopic (exact) mass is 438 g/mol. The maximum atomic E-state index is 13.2. The van der Waals surface area contributed by atoms with Crippen molar-refractivity contribution in [1.82, 2.24) is 18.7 Å². The molecule has 2 heterocycles. The molecule has 0 spiro atoms. The Morgan fingerprint density at radius 2 is 1.81 bits per heavy atom. The molecule has 2 aromatic heterocycles. The van der Waals surface area contributed by atoms with Crippen LogP contribution in [0.5, 0.6) is 0 Å². The van der Waals surface area contributed by atoms with Crippen LogP contribution in [-0.4, -0.2) is 37.2 Å². The molecule has 4 rings (SSSR count). The molecule has 0 fully saturated rings. The van der Waals surface area contributed by atoms with Gasteiger partial charge in [0.2, 0.25) is 5.78 Å². The molecule has 0 aliphatic heterocycles. The van der Waals surface area contributed by atoms with Crippen molar-refractivity contribution in [2.45, 2.75) is 39.5 Å². The molecule has 0 saturated carbocycles. The third-order valence-electron chi connectivity index (χ3n) is 5.12. The molecular formula is C23H23FN4O4. The number of Topliss-reactive ketones (excluding diaryl/α,β-unsaturated/α-hetero) is 1. The van der Waals surface area contributed by atoms with Crippen molar-refractivity contribution in [2.75, 3.05) is 6.61 Å². The van der Waals surface area contributed by atoms with Crippen LogP contribution in [0.4, 0.5) is 4.39 Å². The molecule has 0 unspecified atom stereocenters. The number of rotatable bonds is 8. The number of hydrogen-bond donors (Lipinski definition) is 0. The fourth-order valence-corrected chi connectivity index (χ4v) is 3.58. The van der Waals surface area contributed by atoms with E-state index in [1.807, 2.05) is 13.8 Å². The summed E-state index contributed by atoms with van der Waals surface area (Å²) in [5.74, 6) is -0.683. The number of carbonyl (C=O) groups is 1. The van der Waals surface area contributed by atoms with E-state index < -0.39 is 11.5 Å². The first-order valence-electron chi connectivity index (χ1n) is 10.4. The average Bonchev–Trinajstić information content (AvgIpc) is 3.09. The largest absolute Gasteiger partial charge is 0.379 e. The summed E-state index contributed by atoms with van der Waals surface area (Å²) in [6.07, 6.45) is 0.629. The number of benzene rings is 2. The van der Waals surface area contributed by atoms with Gasteiger partial charge in [-0.2, -0.15) is 0 Å². The normalized spacial score (nSPS) is 11.6. The number of halogens is 1. The second-order valence-corrected chi connectivity index (χ2v) is 7.75. The smallest absolute Gasteiger partial charge is 0.352 e. The number of carbonyl (C=O) groups excluding carboxylic acids is 1. The average molecular weight is 438 g/mol. The van der Waals surface area contributed by atoms with Crippen LogP contribution >= 0.6 is 0 Å². The number of ketones is 1. The van der Waals surface area contributed by atoms with Gasteiger partial charge in [-0.25, -0.2) is 18.3 Å². The van der Waals surface area contributed by atoms with Crippen LogP contribution in [0.3, 0.4) is 0 Å². The molecule has 4 aromatic rings. The van der Waals surface area contributed by atoms with E-state index in [1.165, 1.54) is 33.2 Å². The van der Waals surface area contributed by atoms with Gasteiger partial charge in [-0.15, -0.1) is 5.10 Å². The van der Waals surface area contributed by atoms with E-state index in [1.54, 1.807) is 24.3 Å². The topological polar surface area (TPSA) is 87.6 Å². The molecule has 8 nitrogen and oxygen atoms in total. The molecule has 0 atom stereocenters. The number of aromatic nitrogens is 4. The summed E-state index contributed by atoms with van der Waals surface area (Å²) >= 11 is 0. The van der Waals surface area contributed by atoms with Crippen molar-refractivity contribution in [1.29, 1.82) is 0 Å². The van der Waals surface area contributed by atoms with Crippen LogP contribution in [0, 0.1) is 5.82 Å². The van der Waals surface area contributed by atoms with E-state index in [-0.39, 0.29) is 35.3 Å². The predicted octanol–water partition coefficient (Wildman–Crippen LogP) is 2.65. The van der Waals surface area contributed by atoms with Crippen LogP contribution in [0.2, 0.25) is 0 Å². The van der Waals surface area contributed by atoms with Gasteiger partial charge >= 0.3 is 5.69 Å². The van der Waals surface area contributed by atoms with E-state index in [0.29, 0.717) is 30.5 Å². The highest BCUT2D eigenvalue weighted by Gasteiger charge is 2.19. The third-order valence-corrected chi connectivity index (χ3v) is 5.12. The summed E-state index contributed by atoms with van der Waals surface area (Å²) in [6.45, 7) is 4.30. The summed E-state index contributed by atoms with van der Waals surface area (Å²) in [7, 11) is 0. The molecule has 0 radical (unpaired) electrons. The van der Waals surface area contributed by atoms with E-state index in [4.69, 9.17) is 4.74 Å². The van der Waals surface area contributed by atoms with Crippen LogP contribution in [0.25, 0.3) is 16.7 Å². The molecule has 0 amide bonds. The zero-order chi connectivity index (χ0) is 22.8. The Morgan fingerprint density at radius 1 is 1.09 bits per heavy atom. The third kappa shape index (κ3) is 4.11. The van der Waals surface area contributed by atoms with Gasteiger partial charge in [-0.1, -0.05) is 12.1 Å². The van der Waals surface area contributed by atoms with Crippen molar-refractivity contribution >= 4 is 22.5 Å². The fraction of sp³-hybridized carbons (Fsp3) is 0.304. The van der Waals surface area contributed by atoms with Gasteiger partial charge in [0.05, 0.1) is 17.0 Å². The minimum Gasteiger partial charge on any atom is -0.379 e. The van der Waals surface area contributed by atoms with Gasteiger partial charge in [0.1, 0.15) is 12.4 Å². The highest BCUT2D eigenvalue weighted by molar-refractivity contribution is 5.95. The predicted molar refractivity (Wildman–Crippen MR) is 118 cm³/mol. The number of ether oxygens (including phenoxy) is 1. The lowest BCUT2D eigenvalue weighted by Gasteiger charge is -2.11. The second-order valence-electron chi connectivity index (χ2n) is 7.75. The highest BCUT2D eigenvalue weighted by Crippen LogP contribution is 2.12. The molecule has 32 heavy (non-hydrogen) atoms. The minimum absolute atomic E-state index is 0.0719. The standard InChI is InChI=1S/C23H23FN4O4/c1-15(2)32-13-5-12-26-21(30)18-6-3-4-7-19(18)28-22(26)25-27(23(28)31)14-20(29)16-8-10-17(24)11-9-16/h3-4,6-11,15H,5,12-14H2,1-2H3. The SMILES string of the molecule is CC(C)OCCCn1c(=O)c2ccccc2n2c(=O)n(CC(=O)c3ccc(F)cc3)nc12. The lowest BCUT2D eigenvalue weighted by atomic mass is 10.1. The molecular weight excluding hydrogens is 415 g/mol. The molecule has 0 aliphatic carbocycles. The maximum Gasteiger partial charge on any atom is 0.352 e. The Morgan fingerprint density at radius 3 is 2.53 bits per heavy atom. The summed E-state index contributed by atoms with van der Waals surface area (Å²) in [5.41, 5.74) is -0.102. The van der Waals surface area contributed by atoms with Gasteiger partial charge < -0.3 is 4.74 Å². The van der Waals surface area contributed by atoms with Crippen molar-refractivity contribution in [3.63, 3.8) is 0 Å². The first-order chi connectivity index (χ1) is 15.4. The number of para-hydroxylation sites is 1. The Hall–Kier alpha value is -3.59. The van der Waals surface area contributed by atoms with Gasteiger partial charge in [0.25, 0.3) is 5.56 Å². The van der Waals surface area contributed by atoms with E-state index in [2.05, 4.69) is 5.10 Å². The molecule has 166 valence electrons. The van der Waals surface area contributed by atoms with Crippen molar-refractivity contribution in [3.8, 4) is 0 Å². The van der Waals surface area contributed by atoms with Crippen LogP contribution in [0.1, 0.15) is 30.6 Å².